The molecular formula is C17H21NO8S. The minimum Gasteiger partial charge on any atom is -0.493 e. The lowest BCUT2D eigenvalue weighted by Crippen LogP contribution is -2.42. The van der Waals surface area contributed by atoms with Gasteiger partial charge >= 0.3 is 11.9 Å². The van der Waals surface area contributed by atoms with Gasteiger partial charge in [-0.1, -0.05) is 18.7 Å². The van der Waals surface area contributed by atoms with Crippen LogP contribution in [0.1, 0.15) is 30.6 Å². The topological polar surface area (TPSA) is 128 Å². The smallest absolute Gasteiger partial charge is 0.327 e. The summed E-state index contributed by atoms with van der Waals surface area (Å²) in [7, 11) is 2.67. The van der Waals surface area contributed by atoms with Crippen molar-refractivity contribution in [3.05, 3.63) is 17.7 Å². The van der Waals surface area contributed by atoms with Gasteiger partial charge in [-0.05, 0) is 12.1 Å². The molecule has 1 aromatic carbocycles. The van der Waals surface area contributed by atoms with Crippen LogP contribution in [-0.2, 0) is 14.4 Å². The molecule has 0 heterocycles. The molecule has 0 fully saturated rings. The van der Waals surface area contributed by atoms with Crippen LogP contribution in [0, 0.1) is 0 Å². The number of nitrogens with one attached hydrogen (secondary N) is 1. The van der Waals surface area contributed by atoms with Gasteiger partial charge in [-0.3, -0.25) is 14.4 Å². The zero-order valence-corrected chi connectivity index (χ0v) is 16.2. The molecule has 27 heavy (non-hydrogen) atoms. The van der Waals surface area contributed by atoms with Crippen molar-refractivity contribution >= 4 is 34.7 Å². The quantitative estimate of drug-likeness (QED) is 0.468. The van der Waals surface area contributed by atoms with Gasteiger partial charge in [-0.15, -0.1) is 0 Å². The van der Waals surface area contributed by atoms with Crippen molar-refractivity contribution in [2.75, 3.05) is 20.0 Å². The first-order valence-corrected chi connectivity index (χ1v) is 8.85. The zero-order valence-electron chi connectivity index (χ0n) is 15.4. The lowest BCUT2D eigenvalue weighted by Gasteiger charge is -2.15. The summed E-state index contributed by atoms with van der Waals surface area (Å²) in [5.41, 5.74) is 0.163. The van der Waals surface area contributed by atoms with Gasteiger partial charge in [0.05, 0.1) is 14.2 Å². The molecule has 0 aliphatic rings. The molecule has 2 N–H and O–H groups in total. The van der Waals surface area contributed by atoms with Crippen molar-refractivity contribution in [2.45, 2.75) is 26.3 Å². The van der Waals surface area contributed by atoms with Gasteiger partial charge in [0.15, 0.2) is 11.5 Å². The predicted molar refractivity (Wildman–Crippen MR) is 97.5 cm³/mol. The molecule has 0 aliphatic heterocycles. The summed E-state index contributed by atoms with van der Waals surface area (Å²) in [6.07, 6.45) is 0.133. The number of ether oxygens (including phenoxy) is 3. The Morgan fingerprint density at radius 2 is 1.70 bits per heavy atom. The van der Waals surface area contributed by atoms with Crippen molar-refractivity contribution in [2.24, 2.45) is 0 Å². The van der Waals surface area contributed by atoms with Crippen LogP contribution < -0.4 is 19.5 Å². The number of aliphatic carboxylic acids is 1. The van der Waals surface area contributed by atoms with E-state index in [-0.39, 0.29) is 35.0 Å². The van der Waals surface area contributed by atoms with Gasteiger partial charge in [-0.25, -0.2) is 4.79 Å². The van der Waals surface area contributed by atoms with E-state index in [1.165, 1.54) is 33.3 Å². The second-order valence-corrected chi connectivity index (χ2v) is 6.21. The fraction of sp³-hybridized carbons (Fsp3) is 0.412. The van der Waals surface area contributed by atoms with Crippen LogP contribution in [-0.4, -0.2) is 54.1 Å². The molecule has 1 rings (SSSR count). The summed E-state index contributed by atoms with van der Waals surface area (Å²) >= 11 is 0.723. The number of hydrogen-bond donors (Lipinski definition) is 2. The number of thioether (sulfide) groups is 1. The Bertz CT molecular complexity index is 709. The Balaban J connectivity index is 3.01. The molecule has 148 valence electrons. The maximum Gasteiger partial charge on any atom is 0.327 e. The number of esters is 1. The molecule has 0 saturated heterocycles. The number of benzene rings is 1. The minimum atomic E-state index is -1.24. The van der Waals surface area contributed by atoms with E-state index in [9.17, 15) is 19.2 Å². The molecule has 0 aliphatic carbocycles. The van der Waals surface area contributed by atoms with Crippen molar-refractivity contribution in [1.82, 2.24) is 5.32 Å². The summed E-state index contributed by atoms with van der Waals surface area (Å²) in [6, 6.07) is 1.52. The standard InChI is InChI=1S/C17H21NO8S/c1-5-14(20)18-11(16(21)22)8-27-17(23)10-6-12(24-3)15(26-9(2)19)13(7-10)25-4/h6-7,11H,5,8H2,1-4H3,(H,18,20)(H,21,22)/t11-/m0/s1. The van der Waals surface area contributed by atoms with E-state index in [1.807, 2.05) is 0 Å². The molecule has 0 saturated carbocycles. The average molecular weight is 399 g/mol. The maximum atomic E-state index is 12.4. The third-order valence-corrected chi connectivity index (χ3v) is 4.28. The van der Waals surface area contributed by atoms with Crippen molar-refractivity contribution < 1.29 is 38.5 Å². The van der Waals surface area contributed by atoms with Gasteiger partial charge in [0, 0.05) is 24.7 Å². The fourth-order valence-corrected chi connectivity index (χ4v) is 2.78. The van der Waals surface area contributed by atoms with E-state index in [2.05, 4.69) is 5.32 Å². The van der Waals surface area contributed by atoms with Gasteiger partial charge in [0.2, 0.25) is 16.8 Å². The largest absolute Gasteiger partial charge is 0.493 e. The molecule has 1 amide bonds. The lowest BCUT2D eigenvalue weighted by molar-refractivity contribution is -0.141. The average Bonchev–Trinajstić information content (AvgIpc) is 2.63. The van der Waals surface area contributed by atoms with E-state index >= 15 is 0 Å². The number of amides is 1. The molecule has 0 aromatic heterocycles. The number of rotatable bonds is 9. The number of methoxy groups -OCH3 is 2. The molecule has 1 aromatic rings. The van der Waals surface area contributed by atoms with Crippen LogP contribution in [0.25, 0.3) is 0 Å². The van der Waals surface area contributed by atoms with Crippen molar-refractivity contribution in [1.29, 1.82) is 0 Å². The summed E-state index contributed by atoms with van der Waals surface area (Å²) < 4.78 is 15.3. The molecule has 10 heteroatoms. The predicted octanol–water partition coefficient (Wildman–Crippen LogP) is 1.48. The van der Waals surface area contributed by atoms with Crippen molar-refractivity contribution in [3.63, 3.8) is 0 Å². The molecular weight excluding hydrogens is 378 g/mol. The first-order valence-electron chi connectivity index (χ1n) is 7.87. The third kappa shape index (κ3) is 6.48. The number of carboxylic acids is 1. The number of hydrogen-bond acceptors (Lipinski definition) is 8. The Hall–Kier alpha value is -2.75. The van der Waals surface area contributed by atoms with E-state index in [0.717, 1.165) is 11.8 Å². The van der Waals surface area contributed by atoms with Crippen LogP contribution in [0.15, 0.2) is 12.1 Å². The van der Waals surface area contributed by atoms with Gasteiger partial charge in [0.25, 0.3) is 0 Å². The first kappa shape index (κ1) is 22.3. The molecule has 9 nitrogen and oxygen atoms in total. The summed E-state index contributed by atoms with van der Waals surface area (Å²) in [6.45, 7) is 2.81. The molecule has 1 atom stereocenters. The molecule has 0 radical (unpaired) electrons. The Labute approximate surface area is 160 Å². The highest BCUT2D eigenvalue weighted by atomic mass is 32.2. The van der Waals surface area contributed by atoms with Crippen molar-refractivity contribution in [3.8, 4) is 17.2 Å². The van der Waals surface area contributed by atoms with E-state index in [0.29, 0.717) is 0 Å². The van der Waals surface area contributed by atoms with E-state index < -0.39 is 29.0 Å². The Kier molecular flexibility index (Phi) is 8.60. The van der Waals surface area contributed by atoms with E-state index in [4.69, 9.17) is 19.3 Å². The number of carbonyl (C=O) groups is 4. The van der Waals surface area contributed by atoms with E-state index in [1.54, 1.807) is 6.92 Å². The van der Waals surface area contributed by atoms with Crippen LogP contribution in [0.2, 0.25) is 0 Å². The second kappa shape index (κ2) is 10.4. The molecule has 0 bridgehead atoms. The summed E-state index contributed by atoms with van der Waals surface area (Å²) in [5, 5.41) is 11.0. The third-order valence-electron chi connectivity index (χ3n) is 3.28. The Morgan fingerprint density at radius 1 is 1.15 bits per heavy atom. The van der Waals surface area contributed by atoms with Crippen LogP contribution in [0.3, 0.4) is 0 Å². The molecule has 0 unspecified atom stereocenters. The van der Waals surface area contributed by atoms with Gasteiger partial charge < -0.3 is 24.6 Å². The first-order chi connectivity index (χ1) is 12.7. The second-order valence-electron chi connectivity index (χ2n) is 5.21. The normalized spacial score (nSPS) is 11.3. The van der Waals surface area contributed by atoms with Crippen LogP contribution in [0.4, 0.5) is 0 Å². The summed E-state index contributed by atoms with van der Waals surface area (Å²) in [4.78, 5) is 46.3. The highest BCUT2D eigenvalue weighted by Gasteiger charge is 2.23. The highest BCUT2D eigenvalue weighted by molar-refractivity contribution is 8.14. The summed E-state index contributed by atoms with van der Waals surface area (Å²) in [5.74, 6) is -2.15. The number of carboxylic acid groups (broad SMARTS) is 1. The zero-order chi connectivity index (χ0) is 20.6. The van der Waals surface area contributed by atoms with Gasteiger partial charge in [0.1, 0.15) is 6.04 Å². The highest BCUT2D eigenvalue weighted by Crippen LogP contribution is 2.39. The minimum absolute atomic E-state index is 0.0349. The molecule has 0 spiro atoms. The van der Waals surface area contributed by atoms with Crippen LogP contribution >= 0.6 is 11.8 Å². The van der Waals surface area contributed by atoms with Crippen LogP contribution in [0.5, 0.6) is 17.2 Å². The fourth-order valence-electron chi connectivity index (χ4n) is 1.96. The number of carbonyl (C=O) groups excluding carboxylic acids is 3. The Morgan fingerprint density at radius 3 is 2.11 bits per heavy atom. The SMILES string of the molecule is CCC(=O)N[C@@H](CSC(=O)c1cc(OC)c(OC(C)=O)c(OC)c1)C(=O)O. The van der Waals surface area contributed by atoms with Gasteiger partial charge in [-0.2, -0.15) is 0 Å². The maximum absolute atomic E-state index is 12.4. The monoisotopic (exact) mass is 399 g/mol. The lowest BCUT2D eigenvalue weighted by atomic mass is 10.2.